The SMILES string of the molecule is CCOC(=O)Cn1cnc2c(sc3nc(-c4ccco4)c4c(c32)CCC4)c1=O. The van der Waals surface area contributed by atoms with Crippen molar-refractivity contribution >= 4 is 37.7 Å². The highest BCUT2D eigenvalue weighted by Gasteiger charge is 2.26. The fourth-order valence-corrected chi connectivity index (χ4v) is 4.97. The smallest absolute Gasteiger partial charge is 0.326 e. The summed E-state index contributed by atoms with van der Waals surface area (Å²) in [4.78, 5) is 34.8. The van der Waals surface area contributed by atoms with Crippen molar-refractivity contribution in [1.82, 2.24) is 14.5 Å². The average molecular weight is 395 g/mol. The highest BCUT2D eigenvalue weighted by molar-refractivity contribution is 7.25. The molecule has 0 saturated heterocycles. The van der Waals surface area contributed by atoms with Gasteiger partial charge in [0.1, 0.15) is 21.8 Å². The second-order valence-electron chi connectivity index (χ2n) is 6.69. The van der Waals surface area contributed by atoms with Crippen LogP contribution in [0.4, 0.5) is 0 Å². The molecule has 0 N–H and O–H groups in total. The van der Waals surface area contributed by atoms with Crippen LogP contribution in [0.15, 0.2) is 33.9 Å². The molecule has 0 fully saturated rings. The topological polar surface area (TPSA) is 87.2 Å². The molecule has 142 valence electrons. The van der Waals surface area contributed by atoms with Gasteiger partial charge >= 0.3 is 5.97 Å². The Bertz CT molecular complexity index is 1270. The Balaban J connectivity index is 1.73. The maximum Gasteiger partial charge on any atom is 0.326 e. The molecule has 8 heteroatoms. The Kier molecular flexibility index (Phi) is 4.01. The van der Waals surface area contributed by atoms with Crippen molar-refractivity contribution in [1.29, 1.82) is 0 Å². The molecule has 0 atom stereocenters. The lowest BCUT2D eigenvalue weighted by Gasteiger charge is -2.07. The highest BCUT2D eigenvalue weighted by atomic mass is 32.1. The highest BCUT2D eigenvalue weighted by Crippen LogP contribution is 2.41. The first kappa shape index (κ1) is 17.1. The first-order valence-corrected chi connectivity index (χ1v) is 10.0. The molecular formula is C20H17N3O4S. The van der Waals surface area contributed by atoms with Crippen molar-refractivity contribution < 1.29 is 13.9 Å². The molecule has 1 aliphatic carbocycles. The molecule has 0 radical (unpaired) electrons. The predicted molar refractivity (Wildman–Crippen MR) is 106 cm³/mol. The number of carbonyl (C=O) groups excluding carboxylic acids is 1. The van der Waals surface area contributed by atoms with E-state index in [-0.39, 0.29) is 18.7 Å². The summed E-state index contributed by atoms with van der Waals surface area (Å²) in [6.07, 6.45) is 5.98. The van der Waals surface area contributed by atoms with Crippen molar-refractivity contribution in [2.24, 2.45) is 0 Å². The van der Waals surface area contributed by atoms with Gasteiger partial charge in [0, 0.05) is 5.39 Å². The zero-order valence-electron chi connectivity index (χ0n) is 15.2. The fraction of sp³-hybridized carbons (Fsp3) is 0.300. The molecule has 0 aliphatic heterocycles. The van der Waals surface area contributed by atoms with Gasteiger partial charge in [-0.15, -0.1) is 11.3 Å². The zero-order chi connectivity index (χ0) is 19.3. The number of rotatable bonds is 4. The molecule has 0 spiro atoms. The van der Waals surface area contributed by atoms with Gasteiger partial charge in [0.05, 0.1) is 24.7 Å². The van der Waals surface area contributed by atoms with E-state index in [0.717, 1.165) is 40.9 Å². The van der Waals surface area contributed by atoms with Crippen molar-refractivity contribution in [3.05, 3.63) is 46.2 Å². The summed E-state index contributed by atoms with van der Waals surface area (Å²) in [6.45, 7) is 1.86. The lowest BCUT2D eigenvalue weighted by Crippen LogP contribution is -2.25. The summed E-state index contributed by atoms with van der Waals surface area (Å²) in [5, 5.41) is 0.961. The first-order chi connectivity index (χ1) is 13.7. The summed E-state index contributed by atoms with van der Waals surface area (Å²) < 4.78 is 12.3. The van der Waals surface area contributed by atoms with Crippen LogP contribution in [0.5, 0.6) is 0 Å². The van der Waals surface area contributed by atoms with E-state index >= 15 is 0 Å². The summed E-state index contributed by atoms with van der Waals surface area (Å²) in [7, 11) is 0. The Labute approximate surface area is 163 Å². The van der Waals surface area contributed by atoms with E-state index < -0.39 is 5.97 Å². The van der Waals surface area contributed by atoms with Crippen LogP contribution in [0.1, 0.15) is 24.5 Å². The maximum atomic E-state index is 12.9. The second kappa shape index (κ2) is 6.56. The van der Waals surface area contributed by atoms with E-state index in [1.165, 1.54) is 33.4 Å². The zero-order valence-corrected chi connectivity index (χ0v) is 16.0. The van der Waals surface area contributed by atoms with E-state index in [0.29, 0.717) is 10.2 Å². The van der Waals surface area contributed by atoms with Crippen LogP contribution in [-0.4, -0.2) is 27.1 Å². The second-order valence-corrected chi connectivity index (χ2v) is 7.69. The molecule has 28 heavy (non-hydrogen) atoms. The van der Waals surface area contributed by atoms with Crippen LogP contribution in [-0.2, 0) is 28.9 Å². The van der Waals surface area contributed by atoms with Gasteiger partial charge in [0.15, 0.2) is 5.76 Å². The Hall–Kier alpha value is -3.00. The molecule has 0 amide bonds. The first-order valence-electron chi connectivity index (χ1n) is 9.20. The lowest BCUT2D eigenvalue weighted by atomic mass is 10.0. The number of fused-ring (bicyclic) bond motifs is 5. The number of thiophene rings is 1. The number of esters is 1. The van der Waals surface area contributed by atoms with Crippen LogP contribution in [0, 0.1) is 0 Å². The molecule has 1 aliphatic rings. The quantitative estimate of drug-likeness (QED) is 0.493. The number of carbonyl (C=O) groups is 1. The maximum absolute atomic E-state index is 12.9. The van der Waals surface area contributed by atoms with E-state index in [4.69, 9.17) is 14.1 Å². The normalized spacial score (nSPS) is 13.3. The Morgan fingerprint density at radius 1 is 1.36 bits per heavy atom. The third-order valence-corrected chi connectivity index (χ3v) is 6.08. The van der Waals surface area contributed by atoms with Gasteiger partial charge in [-0.3, -0.25) is 14.2 Å². The molecular weight excluding hydrogens is 378 g/mol. The molecule has 0 unspecified atom stereocenters. The number of furan rings is 1. The van der Waals surface area contributed by atoms with Crippen molar-refractivity contribution in [2.45, 2.75) is 32.7 Å². The standard InChI is InChI=1S/C20H17N3O4S/c1-2-26-14(24)9-23-10-21-17-15-11-5-3-6-12(11)16(13-7-4-8-27-13)22-19(15)28-18(17)20(23)25/h4,7-8,10H,2-3,5-6,9H2,1H3. The molecule has 7 nitrogen and oxygen atoms in total. The van der Waals surface area contributed by atoms with Crippen LogP contribution >= 0.6 is 11.3 Å². The van der Waals surface area contributed by atoms with E-state index in [2.05, 4.69) is 4.98 Å². The molecule has 0 aromatic carbocycles. The Morgan fingerprint density at radius 2 is 2.21 bits per heavy atom. The van der Waals surface area contributed by atoms with E-state index in [1.54, 1.807) is 13.2 Å². The fourth-order valence-electron chi connectivity index (χ4n) is 3.87. The molecule has 0 bridgehead atoms. The third-order valence-electron chi connectivity index (χ3n) is 5.02. The number of ether oxygens (including phenoxy) is 1. The van der Waals surface area contributed by atoms with E-state index in [9.17, 15) is 9.59 Å². The number of pyridine rings is 1. The van der Waals surface area contributed by atoms with Gasteiger partial charge in [0.2, 0.25) is 0 Å². The lowest BCUT2D eigenvalue weighted by molar-refractivity contribution is -0.143. The largest absolute Gasteiger partial charge is 0.465 e. The molecule has 4 aromatic rings. The number of aromatic nitrogens is 3. The van der Waals surface area contributed by atoms with Gasteiger partial charge in [-0.2, -0.15) is 0 Å². The van der Waals surface area contributed by atoms with Gasteiger partial charge in [0.25, 0.3) is 5.56 Å². The summed E-state index contributed by atoms with van der Waals surface area (Å²) in [5.74, 6) is 0.288. The minimum absolute atomic E-state index is 0.146. The molecule has 5 rings (SSSR count). The average Bonchev–Trinajstić information content (AvgIpc) is 3.42. The molecule has 4 aromatic heterocycles. The summed E-state index contributed by atoms with van der Waals surface area (Å²) >= 11 is 1.32. The Morgan fingerprint density at radius 3 is 3.00 bits per heavy atom. The van der Waals surface area contributed by atoms with Crippen LogP contribution in [0.25, 0.3) is 31.9 Å². The van der Waals surface area contributed by atoms with Crippen molar-refractivity contribution in [3.8, 4) is 11.5 Å². The summed E-state index contributed by atoms with van der Waals surface area (Å²) in [5.41, 5.74) is 3.66. The number of hydrogen-bond acceptors (Lipinski definition) is 7. The number of aryl methyl sites for hydroxylation is 1. The summed E-state index contributed by atoms with van der Waals surface area (Å²) in [6, 6.07) is 3.76. The molecule has 4 heterocycles. The predicted octanol–water partition coefficient (Wildman–Crippen LogP) is 3.32. The monoisotopic (exact) mass is 395 g/mol. The van der Waals surface area contributed by atoms with Gasteiger partial charge in [-0.25, -0.2) is 9.97 Å². The van der Waals surface area contributed by atoms with Crippen LogP contribution in [0.3, 0.4) is 0 Å². The number of hydrogen-bond donors (Lipinski definition) is 0. The minimum Gasteiger partial charge on any atom is -0.465 e. The van der Waals surface area contributed by atoms with E-state index in [1.807, 2.05) is 12.1 Å². The number of nitrogens with zero attached hydrogens (tertiary/aromatic N) is 3. The van der Waals surface area contributed by atoms with Gasteiger partial charge in [-0.1, -0.05) is 0 Å². The van der Waals surface area contributed by atoms with Crippen molar-refractivity contribution in [2.75, 3.05) is 6.61 Å². The minimum atomic E-state index is -0.453. The van der Waals surface area contributed by atoms with Crippen molar-refractivity contribution in [3.63, 3.8) is 0 Å². The van der Waals surface area contributed by atoms with Gasteiger partial charge in [-0.05, 0) is 49.4 Å². The van der Waals surface area contributed by atoms with Crippen LogP contribution in [0.2, 0.25) is 0 Å². The van der Waals surface area contributed by atoms with Crippen LogP contribution < -0.4 is 5.56 Å². The molecule has 0 saturated carbocycles. The third kappa shape index (κ3) is 2.56. The van der Waals surface area contributed by atoms with Gasteiger partial charge < -0.3 is 9.15 Å².